The van der Waals surface area contributed by atoms with Gasteiger partial charge in [-0.05, 0) is 18.9 Å². The van der Waals surface area contributed by atoms with Gasteiger partial charge in [0.2, 0.25) is 0 Å². The van der Waals surface area contributed by atoms with Crippen LogP contribution in [0.5, 0.6) is 0 Å². The van der Waals surface area contributed by atoms with E-state index in [9.17, 15) is 0 Å². The maximum Gasteiger partial charge on any atom is -1.00 e. The van der Waals surface area contributed by atoms with Crippen LogP contribution in [0.3, 0.4) is 0 Å². The number of hydrogen-bond donors (Lipinski definition) is 0. The third kappa shape index (κ3) is 8.69. The summed E-state index contributed by atoms with van der Waals surface area (Å²) in [5.41, 5.74) is 4.60. The van der Waals surface area contributed by atoms with E-state index < -0.39 is 8.07 Å². The Morgan fingerprint density at radius 3 is 1.44 bits per heavy atom. The van der Waals surface area contributed by atoms with Crippen LogP contribution in [-0.4, -0.2) is 12.3 Å². The number of rotatable bonds is 1. The molecule has 0 spiro atoms. The molecule has 0 aliphatic heterocycles. The Kier molecular flexibility index (Phi) is 13.2. The van der Waals surface area contributed by atoms with Gasteiger partial charge in [-0.3, -0.25) is 6.08 Å². The first-order valence-electron chi connectivity index (χ1n) is 12.4. The van der Waals surface area contributed by atoms with Crippen LogP contribution in [0.25, 0.3) is 21.5 Å². The maximum absolute atomic E-state index is 3.43. The molecule has 3 aromatic rings. The Hall–Kier alpha value is -0.660. The third-order valence-corrected chi connectivity index (χ3v) is 8.67. The molecule has 196 valence electrons. The minimum atomic E-state index is -1.07. The van der Waals surface area contributed by atoms with Crippen LogP contribution in [0, 0.1) is 12.0 Å². The molecule has 4 rings (SSSR count). The SMILES string of the molecule is CC(C)(C)c1ccc2[cH-]c3ccc(C(C)(C)C)cc3c2c1.CC1=[C-]C(C)C=C1[Si](C)(C)C.[CH2]=[Zr+2].[Cl-].[Cl-]. The Morgan fingerprint density at radius 1 is 0.806 bits per heavy atom. The van der Waals surface area contributed by atoms with Crippen molar-refractivity contribution in [1.29, 1.82) is 0 Å². The summed E-state index contributed by atoms with van der Waals surface area (Å²) < 4.78 is 3.34. The van der Waals surface area contributed by atoms with E-state index in [-0.39, 0.29) is 35.6 Å². The van der Waals surface area contributed by atoms with Crippen LogP contribution in [0.2, 0.25) is 19.6 Å². The number of fused-ring (bicyclic) bond motifs is 3. The van der Waals surface area contributed by atoms with Crippen molar-refractivity contribution in [3.63, 3.8) is 0 Å². The molecule has 0 N–H and O–H groups in total. The van der Waals surface area contributed by atoms with Crippen molar-refractivity contribution in [2.24, 2.45) is 5.92 Å². The molecule has 0 bridgehead atoms. The molecule has 0 radical (unpaired) electrons. The summed E-state index contributed by atoms with van der Waals surface area (Å²) in [6.07, 6.45) is 5.81. The number of hydrogen-bond acceptors (Lipinski definition) is 0. The van der Waals surface area contributed by atoms with Gasteiger partial charge in [-0.2, -0.15) is 6.08 Å². The second-order valence-electron chi connectivity index (χ2n) is 12.6. The van der Waals surface area contributed by atoms with Gasteiger partial charge in [0, 0.05) is 0 Å². The van der Waals surface area contributed by atoms with Gasteiger partial charge in [0.15, 0.2) is 0 Å². The molecule has 0 nitrogen and oxygen atoms in total. The smallest absolute Gasteiger partial charge is 1.00 e. The normalized spacial score (nSPS) is 15.5. The quantitative estimate of drug-likeness (QED) is 0.290. The minimum Gasteiger partial charge on any atom is -1.00 e. The average molecular weight is 619 g/mol. The van der Waals surface area contributed by atoms with E-state index in [4.69, 9.17) is 0 Å². The van der Waals surface area contributed by atoms with Crippen LogP contribution in [0.15, 0.2) is 59.3 Å². The molecule has 0 fully saturated rings. The van der Waals surface area contributed by atoms with Gasteiger partial charge in [0.1, 0.15) is 0 Å². The molecule has 1 aliphatic rings. The van der Waals surface area contributed by atoms with Crippen LogP contribution in [0.4, 0.5) is 0 Å². The zero-order valence-corrected chi connectivity index (χ0v) is 29.1. The summed E-state index contributed by atoms with van der Waals surface area (Å²) >= 11 is 1.30. The summed E-state index contributed by atoms with van der Waals surface area (Å²) in [5, 5.41) is 7.09. The number of halogens is 2. The van der Waals surface area contributed by atoms with Crippen molar-refractivity contribution in [3.05, 3.63) is 76.5 Å². The molecule has 0 heterocycles. The second-order valence-corrected chi connectivity index (χ2v) is 17.7. The third-order valence-electron chi connectivity index (χ3n) is 6.51. The first-order chi connectivity index (χ1) is 15.6. The molecule has 1 aliphatic carbocycles. The van der Waals surface area contributed by atoms with Gasteiger partial charge in [-0.25, -0.2) is 10.8 Å². The van der Waals surface area contributed by atoms with Gasteiger partial charge in [0.25, 0.3) is 0 Å². The van der Waals surface area contributed by atoms with Gasteiger partial charge in [-0.15, -0.1) is 39.7 Å². The molecule has 0 saturated heterocycles. The molecular formula is C32H44Cl2SiZr-2. The van der Waals surface area contributed by atoms with Gasteiger partial charge >= 0.3 is 28.4 Å². The van der Waals surface area contributed by atoms with Gasteiger partial charge in [0.05, 0.1) is 0 Å². The fraction of sp³-hybridized carbons (Fsp3) is 0.438. The molecule has 1 atom stereocenters. The van der Waals surface area contributed by atoms with E-state index in [1.54, 1.807) is 5.20 Å². The monoisotopic (exact) mass is 616 g/mol. The Bertz CT molecular complexity index is 1140. The van der Waals surface area contributed by atoms with Crippen molar-refractivity contribution in [2.45, 2.75) is 85.9 Å². The van der Waals surface area contributed by atoms with E-state index in [0.29, 0.717) is 5.92 Å². The average Bonchev–Trinajstić information content (AvgIpc) is 3.26. The van der Waals surface area contributed by atoms with Gasteiger partial charge in [-0.1, -0.05) is 116 Å². The molecule has 4 heteroatoms. The second kappa shape index (κ2) is 13.4. The summed E-state index contributed by atoms with van der Waals surface area (Å²) in [4.78, 5) is 0. The van der Waals surface area contributed by atoms with E-state index in [0.717, 1.165) is 0 Å². The molecule has 0 amide bonds. The molecule has 36 heavy (non-hydrogen) atoms. The van der Waals surface area contributed by atoms with Crippen molar-refractivity contribution in [3.8, 4) is 0 Å². The predicted molar refractivity (Wildman–Crippen MR) is 155 cm³/mol. The van der Waals surface area contributed by atoms with Crippen LogP contribution >= 0.6 is 0 Å². The molecule has 0 saturated carbocycles. The van der Waals surface area contributed by atoms with Crippen molar-refractivity contribution < 1.29 is 49.0 Å². The first-order valence-corrected chi connectivity index (χ1v) is 17.6. The Morgan fingerprint density at radius 2 is 1.19 bits per heavy atom. The minimum absolute atomic E-state index is 0. The fourth-order valence-electron chi connectivity index (χ4n) is 4.58. The number of benzene rings is 2. The summed E-state index contributed by atoms with van der Waals surface area (Å²) in [6, 6.07) is 16.1. The number of allylic oxidation sites excluding steroid dienone is 4. The zero-order chi connectivity index (χ0) is 26.1. The summed E-state index contributed by atoms with van der Waals surface area (Å²) in [7, 11) is -1.07. The van der Waals surface area contributed by atoms with Crippen molar-refractivity contribution >= 4 is 33.8 Å². The first kappa shape index (κ1) is 35.3. The largest absolute Gasteiger partial charge is 1.00 e. The van der Waals surface area contributed by atoms with E-state index >= 15 is 0 Å². The van der Waals surface area contributed by atoms with Crippen LogP contribution in [0.1, 0.15) is 66.5 Å². The van der Waals surface area contributed by atoms with Gasteiger partial charge < -0.3 is 24.8 Å². The predicted octanol–water partition coefficient (Wildman–Crippen LogP) is 3.47. The zero-order valence-electron chi connectivity index (χ0n) is 24.2. The molecular weight excluding hydrogens is 575 g/mol. The maximum atomic E-state index is 3.43. The van der Waals surface area contributed by atoms with E-state index in [1.807, 2.05) is 0 Å². The molecule has 0 aromatic heterocycles. The molecule has 1 unspecified atom stereocenters. The Labute approximate surface area is 249 Å². The fourth-order valence-corrected chi connectivity index (χ4v) is 6.53. The van der Waals surface area contributed by atoms with Crippen molar-refractivity contribution in [1.82, 2.24) is 0 Å². The summed E-state index contributed by atoms with van der Waals surface area (Å²) in [5.74, 6) is 0.553. The van der Waals surface area contributed by atoms with Crippen LogP contribution < -0.4 is 24.8 Å². The summed E-state index contributed by atoms with van der Waals surface area (Å²) in [6.45, 7) is 25.2. The standard InChI is InChI=1S/C21H25.C10H17Si.CH2.2ClH.Zr/c1-20(2,3)16-9-7-14-11-15-8-10-17(21(4,5)6)13-19(15)18(14)12-16;1-8-6-9(2)10(7-8)11(3,4)5;;;;/h7-13H,1-6H3;7-8H,1-5H3;1H2;2*1H;/q2*-1;;;;+2/p-2. The molecule has 3 aromatic carbocycles. The van der Waals surface area contributed by atoms with E-state index in [1.165, 1.54) is 62.5 Å². The Balaban J connectivity index is 0.000000701. The van der Waals surface area contributed by atoms with Crippen LogP contribution in [-0.2, 0) is 35.1 Å². The topological polar surface area (TPSA) is 0 Å². The van der Waals surface area contributed by atoms with Crippen molar-refractivity contribution in [2.75, 3.05) is 0 Å². The van der Waals surface area contributed by atoms with E-state index in [2.05, 4.69) is 134 Å².